The minimum atomic E-state index is -0.0194. The lowest BCUT2D eigenvalue weighted by Gasteiger charge is -2.15. The van der Waals surface area contributed by atoms with Crippen LogP contribution in [0.2, 0.25) is 0 Å². The fourth-order valence-electron chi connectivity index (χ4n) is 2.67. The van der Waals surface area contributed by atoms with Crippen LogP contribution in [0.25, 0.3) is 0 Å². The summed E-state index contributed by atoms with van der Waals surface area (Å²) in [5, 5.41) is 6.91. The van der Waals surface area contributed by atoms with Crippen molar-refractivity contribution in [3.05, 3.63) is 23.5 Å². The molecule has 1 saturated carbocycles. The van der Waals surface area contributed by atoms with E-state index in [1.165, 1.54) is 6.42 Å². The zero-order valence-corrected chi connectivity index (χ0v) is 13.2. The van der Waals surface area contributed by atoms with Gasteiger partial charge in [-0.05, 0) is 38.0 Å². The van der Waals surface area contributed by atoms with Crippen LogP contribution in [0.1, 0.15) is 42.2 Å². The van der Waals surface area contributed by atoms with E-state index in [9.17, 15) is 4.79 Å². The second kappa shape index (κ2) is 6.97. The Morgan fingerprint density at radius 1 is 1.50 bits per heavy atom. The number of nitrogens with one attached hydrogen (secondary N) is 2. The largest absolute Gasteiger partial charge is 0.387 e. The molecule has 4 nitrogen and oxygen atoms in total. The average Bonchev–Trinajstić information content (AvgIpc) is 2.86. The molecule has 0 spiro atoms. The number of thioether (sulfide) groups is 1. The number of anilines is 1. The van der Waals surface area contributed by atoms with Crippen LogP contribution in [0.15, 0.2) is 12.3 Å². The summed E-state index contributed by atoms with van der Waals surface area (Å²) in [5.74, 6) is 1.13. The fraction of sp³-hybridized carbons (Fsp3) is 0.600. The second-order valence-corrected chi connectivity index (χ2v) is 6.76. The normalized spacial score (nSPS) is 21.8. The van der Waals surface area contributed by atoms with E-state index < -0.39 is 0 Å². The van der Waals surface area contributed by atoms with Crippen molar-refractivity contribution in [1.82, 2.24) is 10.3 Å². The fourth-order valence-corrected chi connectivity index (χ4v) is 3.81. The zero-order valence-electron chi connectivity index (χ0n) is 12.4. The second-order valence-electron chi connectivity index (χ2n) is 5.18. The maximum Gasteiger partial charge on any atom is 0.255 e. The smallest absolute Gasteiger partial charge is 0.255 e. The molecule has 0 saturated heterocycles. The first-order chi connectivity index (χ1) is 9.63. The van der Waals surface area contributed by atoms with E-state index in [1.807, 2.05) is 31.8 Å². The molecule has 5 heteroatoms. The molecule has 2 N–H and O–H groups in total. The first-order valence-electron chi connectivity index (χ1n) is 7.21. The molecule has 0 radical (unpaired) electrons. The summed E-state index contributed by atoms with van der Waals surface area (Å²) in [6.07, 6.45) is 5.02. The Morgan fingerprint density at radius 3 is 3.00 bits per heavy atom. The van der Waals surface area contributed by atoms with Gasteiger partial charge in [0.15, 0.2) is 0 Å². The highest BCUT2D eigenvalue weighted by atomic mass is 32.2. The minimum absolute atomic E-state index is 0.0194. The Kier molecular flexibility index (Phi) is 5.29. The van der Waals surface area contributed by atoms with Crippen molar-refractivity contribution >= 4 is 23.4 Å². The quantitative estimate of drug-likeness (QED) is 0.876. The summed E-state index contributed by atoms with van der Waals surface area (Å²) in [6, 6.07) is 2.21. The van der Waals surface area contributed by atoms with Gasteiger partial charge in [0, 0.05) is 30.2 Å². The monoisotopic (exact) mass is 293 g/mol. The Morgan fingerprint density at radius 2 is 2.30 bits per heavy atom. The van der Waals surface area contributed by atoms with Gasteiger partial charge in [0.1, 0.15) is 0 Å². The summed E-state index contributed by atoms with van der Waals surface area (Å²) in [4.78, 5) is 16.6. The van der Waals surface area contributed by atoms with Crippen molar-refractivity contribution in [2.75, 3.05) is 18.1 Å². The first-order valence-corrected chi connectivity index (χ1v) is 8.25. The van der Waals surface area contributed by atoms with Gasteiger partial charge in [-0.15, -0.1) is 0 Å². The van der Waals surface area contributed by atoms with Gasteiger partial charge >= 0.3 is 0 Å². The van der Waals surface area contributed by atoms with Crippen molar-refractivity contribution in [2.45, 2.75) is 44.4 Å². The van der Waals surface area contributed by atoms with Gasteiger partial charge in [-0.25, -0.2) is 0 Å². The molecule has 20 heavy (non-hydrogen) atoms. The lowest BCUT2D eigenvalue weighted by molar-refractivity contribution is 0.0938. The molecular formula is C15H23N3OS. The maximum atomic E-state index is 12.4. The molecule has 2 rings (SSSR count). The van der Waals surface area contributed by atoms with E-state index >= 15 is 0 Å². The number of hydrogen-bond donors (Lipinski definition) is 2. The Labute approximate surface area is 125 Å². The van der Waals surface area contributed by atoms with Gasteiger partial charge in [0.2, 0.25) is 0 Å². The molecule has 1 heterocycles. The van der Waals surface area contributed by atoms with E-state index in [4.69, 9.17) is 0 Å². The van der Waals surface area contributed by atoms with E-state index in [0.29, 0.717) is 16.9 Å². The maximum absolute atomic E-state index is 12.4. The standard InChI is InChI=1S/C15H23N3OS/c1-4-20-12-6-5-11(8-12)18-15(19)13-9-17-10(2)7-14(13)16-3/h7,9,11-12H,4-6,8H2,1-3H3,(H,16,17)(H,18,19). The number of aromatic nitrogens is 1. The van der Waals surface area contributed by atoms with E-state index in [1.54, 1.807) is 6.20 Å². The van der Waals surface area contributed by atoms with Crippen LogP contribution >= 0.6 is 11.8 Å². The highest BCUT2D eigenvalue weighted by molar-refractivity contribution is 7.99. The number of aryl methyl sites for hydroxylation is 1. The third-order valence-corrected chi connectivity index (χ3v) is 4.91. The minimum Gasteiger partial charge on any atom is -0.387 e. The third-order valence-electron chi connectivity index (χ3n) is 3.68. The van der Waals surface area contributed by atoms with E-state index in [0.717, 1.165) is 30.0 Å². The van der Waals surface area contributed by atoms with Gasteiger partial charge in [-0.1, -0.05) is 6.92 Å². The van der Waals surface area contributed by atoms with Crippen molar-refractivity contribution in [1.29, 1.82) is 0 Å². The van der Waals surface area contributed by atoms with Gasteiger partial charge in [-0.3, -0.25) is 9.78 Å². The molecule has 1 aromatic rings. The van der Waals surface area contributed by atoms with Crippen molar-refractivity contribution in [3.8, 4) is 0 Å². The molecule has 110 valence electrons. The van der Waals surface area contributed by atoms with Gasteiger partial charge in [-0.2, -0.15) is 11.8 Å². The molecule has 2 unspecified atom stereocenters. The molecule has 1 amide bonds. The van der Waals surface area contributed by atoms with Crippen LogP contribution < -0.4 is 10.6 Å². The highest BCUT2D eigenvalue weighted by Gasteiger charge is 2.26. The predicted molar refractivity (Wildman–Crippen MR) is 85.5 cm³/mol. The Bertz CT molecular complexity index is 478. The lowest BCUT2D eigenvalue weighted by atomic mass is 10.1. The molecule has 1 fully saturated rings. The summed E-state index contributed by atoms with van der Waals surface area (Å²) in [6.45, 7) is 4.11. The number of carbonyl (C=O) groups is 1. The van der Waals surface area contributed by atoms with Gasteiger partial charge in [0.25, 0.3) is 5.91 Å². The van der Waals surface area contributed by atoms with E-state index in [-0.39, 0.29) is 5.91 Å². The number of carbonyl (C=O) groups excluding carboxylic acids is 1. The van der Waals surface area contributed by atoms with Crippen LogP contribution in [-0.4, -0.2) is 35.0 Å². The Balaban J connectivity index is 1.99. The molecule has 1 aliphatic rings. The number of nitrogens with zero attached hydrogens (tertiary/aromatic N) is 1. The number of rotatable bonds is 5. The predicted octanol–water partition coefficient (Wildman–Crippen LogP) is 2.84. The first kappa shape index (κ1) is 15.2. The Hall–Kier alpha value is -1.23. The van der Waals surface area contributed by atoms with Crippen LogP contribution in [0, 0.1) is 6.92 Å². The van der Waals surface area contributed by atoms with Gasteiger partial charge < -0.3 is 10.6 Å². The number of pyridine rings is 1. The lowest BCUT2D eigenvalue weighted by Crippen LogP contribution is -2.33. The van der Waals surface area contributed by atoms with Crippen molar-refractivity contribution < 1.29 is 4.79 Å². The van der Waals surface area contributed by atoms with Crippen LogP contribution in [0.5, 0.6) is 0 Å². The molecule has 1 aliphatic carbocycles. The third kappa shape index (κ3) is 3.66. The van der Waals surface area contributed by atoms with Crippen molar-refractivity contribution in [3.63, 3.8) is 0 Å². The van der Waals surface area contributed by atoms with E-state index in [2.05, 4.69) is 22.5 Å². The molecular weight excluding hydrogens is 270 g/mol. The molecule has 0 bridgehead atoms. The van der Waals surface area contributed by atoms with Crippen LogP contribution in [-0.2, 0) is 0 Å². The zero-order chi connectivity index (χ0) is 14.5. The summed E-state index contributed by atoms with van der Waals surface area (Å²) in [5.41, 5.74) is 2.38. The molecule has 0 aliphatic heterocycles. The molecule has 1 aromatic heterocycles. The summed E-state index contributed by atoms with van der Waals surface area (Å²) in [7, 11) is 1.83. The molecule has 2 atom stereocenters. The summed E-state index contributed by atoms with van der Waals surface area (Å²) >= 11 is 2.00. The van der Waals surface area contributed by atoms with Crippen LogP contribution in [0.4, 0.5) is 5.69 Å². The molecule has 0 aromatic carbocycles. The summed E-state index contributed by atoms with van der Waals surface area (Å²) < 4.78 is 0. The topological polar surface area (TPSA) is 54.0 Å². The van der Waals surface area contributed by atoms with Crippen molar-refractivity contribution in [2.24, 2.45) is 0 Å². The number of amides is 1. The average molecular weight is 293 g/mol. The SMILES string of the molecule is CCSC1CCC(NC(=O)c2cnc(C)cc2NC)C1. The highest BCUT2D eigenvalue weighted by Crippen LogP contribution is 2.30. The van der Waals surface area contributed by atoms with Crippen LogP contribution in [0.3, 0.4) is 0 Å². The van der Waals surface area contributed by atoms with Gasteiger partial charge in [0.05, 0.1) is 11.3 Å². The number of hydrogen-bond acceptors (Lipinski definition) is 4.